The van der Waals surface area contributed by atoms with Gasteiger partial charge in [0.1, 0.15) is 0 Å². The summed E-state index contributed by atoms with van der Waals surface area (Å²) in [6.07, 6.45) is 0. The predicted octanol–water partition coefficient (Wildman–Crippen LogP) is 1.53. The molecule has 0 saturated carbocycles. The molecule has 1 aromatic heterocycles. The van der Waals surface area contributed by atoms with Crippen LogP contribution in [0.2, 0.25) is 0 Å². The van der Waals surface area contributed by atoms with Crippen molar-refractivity contribution >= 4 is 11.6 Å². The minimum absolute atomic E-state index is 0.402. The molecule has 3 nitrogen and oxygen atoms in total. The molecule has 60 valence electrons. The largest absolute Gasteiger partial charge is 0.480 e. The van der Waals surface area contributed by atoms with Gasteiger partial charge in [-0.05, 0) is 13.0 Å². The van der Waals surface area contributed by atoms with Crippen LogP contribution in [0.25, 0.3) is 0 Å². The average molecular weight is 173 g/mol. The monoisotopic (exact) mass is 172 g/mol. The molecule has 0 radical (unpaired) electrons. The fraction of sp³-hybridized carbons (Fsp3) is 0.429. The Bertz CT molecular complexity index is 252. The zero-order valence-corrected chi connectivity index (χ0v) is 7.22. The van der Waals surface area contributed by atoms with Crippen molar-refractivity contribution in [1.29, 1.82) is 0 Å². The van der Waals surface area contributed by atoms with Crippen molar-refractivity contribution in [2.75, 3.05) is 7.11 Å². The number of hydrogen-bond donors (Lipinski definition) is 0. The summed E-state index contributed by atoms with van der Waals surface area (Å²) in [6.45, 7) is 1.86. The van der Waals surface area contributed by atoms with E-state index in [2.05, 4.69) is 10.2 Å². The van der Waals surface area contributed by atoms with E-state index < -0.39 is 0 Å². The summed E-state index contributed by atoms with van der Waals surface area (Å²) in [5, 5.41) is 7.64. The first-order valence-electron chi connectivity index (χ1n) is 3.21. The smallest absolute Gasteiger partial charge is 0.237 e. The highest BCUT2D eigenvalue weighted by Crippen LogP contribution is 2.15. The number of rotatable bonds is 2. The number of aryl methyl sites for hydroxylation is 1. The van der Waals surface area contributed by atoms with Gasteiger partial charge in [-0.15, -0.1) is 16.7 Å². The lowest BCUT2D eigenvalue weighted by Gasteiger charge is -2.02. The predicted molar refractivity (Wildman–Crippen MR) is 42.9 cm³/mol. The molecule has 1 aromatic rings. The number of ether oxygens (including phenoxy) is 1. The van der Waals surface area contributed by atoms with Crippen LogP contribution in [0, 0.1) is 6.92 Å². The van der Waals surface area contributed by atoms with Crippen molar-refractivity contribution in [3.63, 3.8) is 0 Å². The summed E-state index contributed by atoms with van der Waals surface area (Å²) in [4.78, 5) is 0. The molecule has 0 amide bonds. The molecule has 0 bridgehead atoms. The first kappa shape index (κ1) is 8.27. The van der Waals surface area contributed by atoms with E-state index in [1.165, 1.54) is 0 Å². The quantitative estimate of drug-likeness (QED) is 0.635. The number of aromatic nitrogens is 2. The molecular formula is C7H9ClN2O. The summed E-state index contributed by atoms with van der Waals surface area (Å²) in [5.41, 5.74) is 1.73. The van der Waals surface area contributed by atoms with Crippen molar-refractivity contribution < 1.29 is 4.74 Å². The molecule has 0 aliphatic carbocycles. The Morgan fingerprint density at radius 1 is 1.55 bits per heavy atom. The van der Waals surface area contributed by atoms with Gasteiger partial charge < -0.3 is 4.74 Å². The van der Waals surface area contributed by atoms with Gasteiger partial charge in [0, 0.05) is 5.56 Å². The molecule has 0 aromatic carbocycles. The summed E-state index contributed by atoms with van der Waals surface area (Å²) >= 11 is 5.64. The second-order valence-corrected chi connectivity index (χ2v) is 2.42. The topological polar surface area (TPSA) is 35.0 Å². The Balaban J connectivity index is 3.06. The van der Waals surface area contributed by atoms with Crippen LogP contribution in [0.4, 0.5) is 0 Å². The Kier molecular flexibility index (Phi) is 2.65. The maximum absolute atomic E-state index is 5.64. The molecule has 1 heterocycles. The highest BCUT2D eigenvalue weighted by Gasteiger charge is 2.03. The van der Waals surface area contributed by atoms with Crippen molar-refractivity contribution in [1.82, 2.24) is 10.2 Å². The van der Waals surface area contributed by atoms with Crippen molar-refractivity contribution in [3.05, 3.63) is 17.3 Å². The first-order valence-corrected chi connectivity index (χ1v) is 3.74. The molecule has 1 rings (SSSR count). The second-order valence-electron chi connectivity index (χ2n) is 2.15. The SMILES string of the molecule is COc1nnc(C)cc1CCl. The fourth-order valence-electron chi connectivity index (χ4n) is 0.799. The lowest BCUT2D eigenvalue weighted by Crippen LogP contribution is -1.96. The van der Waals surface area contributed by atoms with Gasteiger partial charge in [-0.2, -0.15) is 5.10 Å². The number of nitrogens with zero attached hydrogens (tertiary/aromatic N) is 2. The lowest BCUT2D eigenvalue weighted by atomic mass is 10.3. The molecular weight excluding hydrogens is 164 g/mol. The van der Waals surface area contributed by atoms with Gasteiger partial charge >= 0.3 is 0 Å². The van der Waals surface area contributed by atoms with Gasteiger partial charge in [0.05, 0.1) is 18.7 Å². The molecule has 0 atom stereocenters. The zero-order valence-electron chi connectivity index (χ0n) is 6.47. The normalized spacial score (nSPS) is 9.73. The molecule has 0 spiro atoms. The third kappa shape index (κ3) is 1.80. The number of hydrogen-bond acceptors (Lipinski definition) is 3. The van der Waals surface area contributed by atoms with Crippen molar-refractivity contribution in [2.24, 2.45) is 0 Å². The highest BCUT2D eigenvalue weighted by atomic mass is 35.5. The maximum Gasteiger partial charge on any atom is 0.237 e. The second kappa shape index (κ2) is 3.53. The van der Waals surface area contributed by atoms with E-state index in [4.69, 9.17) is 16.3 Å². The number of halogens is 1. The van der Waals surface area contributed by atoms with Crippen LogP contribution in [0.3, 0.4) is 0 Å². The van der Waals surface area contributed by atoms with Crippen LogP contribution < -0.4 is 4.74 Å². The van der Waals surface area contributed by atoms with Gasteiger partial charge in [-0.1, -0.05) is 0 Å². The molecule has 0 aliphatic rings. The summed E-state index contributed by atoms with van der Waals surface area (Å²) < 4.78 is 4.93. The fourth-order valence-corrected chi connectivity index (χ4v) is 0.990. The minimum atomic E-state index is 0.402. The van der Waals surface area contributed by atoms with Crippen LogP contribution in [-0.2, 0) is 5.88 Å². The van der Waals surface area contributed by atoms with E-state index in [1.54, 1.807) is 7.11 Å². The van der Waals surface area contributed by atoms with E-state index in [-0.39, 0.29) is 0 Å². The molecule has 0 N–H and O–H groups in total. The molecule has 4 heteroatoms. The van der Waals surface area contributed by atoms with Crippen LogP contribution in [0.1, 0.15) is 11.3 Å². The van der Waals surface area contributed by atoms with Crippen LogP contribution in [0.15, 0.2) is 6.07 Å². The van der Waals surface area contributed by atoms with E-state index >= 15 is 0 Å². The Morgan fingerprint density at radius 2 is 2.27 bits per heavy atom. The highest BCUT2D eigenvalue weighted by molar-refractivity contribution is 6.17. The van der Waals surface area contributed by atoms with E-state index in [0.717, 1.165) is 11.3 Å². The van der Waals surface area contributed by atoms with Gasteiger partial charge in [0.25, 0.3) is 0 Å². The number of alkyl halides is 1. The van der Waals surface area contributed by atoms with Crippen LogP contribution in [-0.4, -0.2) is 17.3 Å². The summed E-state index contributed by atoms with van der Waals surface area (Å²) in [6, 6.07) is 1.86. The summed E-state index contributed by atoms with van der Waals surface area (Å²) in [7, 11) is 1.55. The molecule has 0 unspecified atom stereocenters. The van der Waals surface area contributed by atoms with Crippen LogP contribution >= 0.6 is 11.6 Å². The average Bonchev–Trinajstić information content (AvgIpc) is 2.04. The Hall–Kier alpha value is -0.830. The van der Waals surface area contributed by atoms with Gasteiger partial charge in [-0.25, -0.2) is 0 Å². The molecule has 0 saturated heterocycles. The lowest BCUT2D eigenvalue weighted by molar-refractivity contribution is 0.387. The minimum Gasteiger partial charge on any atom is -0.480 e. The number of methoxy groups -OCH3 is 1. The van der Waals surface area contributed by atoms with Gasteiger partial charge in [0.2, 0.25) is 5.88 Å². The van der Waals surface area contributed by atoms with E-state index in [0.29, 0.717) is 11.8 Å². The molecule has 11 heavy (non-hydrogen) atoms. The Labute approximate surface area is 70.4 Å². The zero-order chi connectivity index (χ0) is 8.27. The van der Waals surface area contributed by atoms with E-state index in [9.17, 15) is 0 Å². The third-order valence-electron chi connectivity index (χ3n) is 1.29. The standard InChI is InChI=1S/C7H9ClN2O/c1-5-3-6(4-8)7(11-2)10-9-5/h3H,4H2,1-2H3. The van der Waals surface area contributed by atoms with Crippen LogP contribution in [0.5, 0.6) is 5.88 Å². The van der Waals surface area contributed by atoms with Gasteiger partial charge in [0.15, 0.2) is 0 Å². The summed E-state index contributed by atoms with van der Waals surface area (Å²) in [5.74, 6) is 0.908. The van der Waals surface area contributed by atoms with E-state index in [1.807, 2.05) is 13.0 Å². The van der Waals surface area contributed by atoms with Crippen molar-refractivity contribution in [3.8, 4) is 5.88 Å². The van der Waals surface area contributed by atoms with Gasteiger partial charge in [-0.3, -0.25) is 0 Å². The maximum atomic E-state index is 5.64. The third-order valence-corrected chi connectivity index (χ3v) is 1.58. The van der Waals surface area contributed by atoms with Crippen molar-refractivity contribution in [2.45, 2.75) is 12.8 Å². The molecule has 0 aliphatic heterocycles. The first-order chi connectivity index (χ1) is 5.27. The molecule has 0 fully saturated rings. The Morgan fingerprint density at radius 3 is 2.82 bits per heavy atom.